The monoisotopic (exact) mass is 319 g/mol. The molecule has 0 unspecified atom stereocenters. The predicted molar refractivity (Wildman–Crippen MR) is 78.1 cm³/mol. The summed E-state index contributed by atoms with van der Waals surface area (Å²) >= 11 is 5.97. The van der Waals surface area contributed by atoms with Crippen LogP contribution in [0.3, 0.4) is 0 Å². The molecule has 0 radical (unpaired) electrons. The van der Waals surface area contributed by atoms with Crippen molar-refractivity contribution in [2.75, 3.05) is 45.1 Å². The minimum Gasteiger partial charge on any atom is -0.399 e. The Morgan fingerprint density at radius 1 is 1.25 bits per heavy atom. The second-order valence-corrected chi connectivity index (χ2v) is 6.97. The molecule has 0 bridgehead atoms. The molecule has 1 fully saturated rings. The number of nitrogen functional groups attached to an aromatic ring is 1. The Labute approximate surface area is 123 Å². The van der Waals surface area contributed by atoms with E-state index in [-0.39, 0.29) is 16.5 Å². The summed E-state index contributed by atoms with van der Waals surface area (Å²) in [4.78, 5) is 2.07. The van der Waals surface area contributed by atoms with Gasteiger partial charge in [0.25, 0.3) is 0 Å². The Morgan fingerprint density at radius 3 is 2.50 bits per heavy atom. The molecule has 1 aromatic carbocycles. The van der Waals surface area contributed by atoms with Gasteiger partial charge in [0.1, 0.15) is 4.90 Å². The maximum Gasteiger partial charge on any atom is 0.244 e. The molecule has 1 heterocycles. The molecule has 1 aliphatic rings. The van der Waals surface area contributed by atoms with Crippen LogP contribution >= 0.6 is 11.6 Å². The van der Waals surface area contributed by atoms with Crippen molar-refractivity contribution in [1.29, 1.82) is 0 Å². The van der Waals surface area contributed by atoms with E-state index in [1.807, 2.05) is 4.90 Å². The second kappa shape index (κ2) is 6.28. The highest BCUT2D eigenvalue weighted by molar-refractivity contribution is 7.89. The van der Waals surface area contributed by atoms with E-state index >= 15 is 0 Å². The van der Waals surface area contributed by atoms with Gasteiger partial charge >= 0.3 is 0 Å². The van der Waals surface area contributed by atoms with E-state index in [9.17, 15) is 8.42 Å². The standard InChI is InChI=1S/C12H18ClN3O3S/c13-11-2-1-10(14)9-12(11)20(18,19)16-5-3-15(4-6-16)7-8-17/h1-2,9,17H,3-8,14H2. The molecule has 3 N–H and O–H groups in total. The topological polar surface area (TPSA) is 86.9 Å². The number of piperazine rings is 1. The SMILES string of the molecule is Nc1ccc(Cl)c(S(=O)(=O)N2CCN(CCO)CC2)c1. The molecule has 112 valence electrons. The Hall–Kier alpha value is -0.860. The highest BCUT2D eigenvalue weighted by Gasteiger charge is 2.29. The molecule has 0 amide bonds. The molecule has 20 heavy (non-hydrogen) atoms. The Balaban J connectivity index is 2.18. The summed E-state index contributed by atoms with van der Waals surface area (Å²) in [5.41, 5.74) is 6.01. The first-order valence-electron chi connectivity index (χ1n) is 6.33. The van der Waals surface area contributed by atoms with Gasteiger partial charge in [0.05, 0.1) is 11.6 Å². The fraction of sp³-hybridized carbons (Fsp3) is 0.500. The van der Waals surface area contributed by atoms with Crippen LogP contribution in [-0.2, 0) is 10.0 Å². The third kappa shape index (κ3) is 3.24. The van der Waals surface area contributed by atoms with Crippen LogP contribution in [0.25, 0.3) is 0 Å². The van der Waals surface area contributed by atoms with Crippen molar-refractivity contribution in [3.8, 4) is 0 Å². The number of rotatable bonds is 4. The maximum absolute atomic E-state index is 12.5. The maximum atomic E-state index is 12.5. The van der Waals surface area contributed by atoms with Crippen molar-refractivity contribution >= 4 is 27.3 Å². The van der Waals surface area contributed by atoms with Gasteiger partial charge in [0.2, 0.25) is 10.0 Å². The number of benzene rings is 1. The third-order valence-electron chi connectivity index (χ3n) is 3.32. The van der Waals surface area contributed by atoms with Gasteiger partial charge < -0.3 is 10.8 Å². The van der Waals surface area contributed by atoms with E-state index in [1.54, 1.807) is 6.07 Å². The van der Waals surface area contributed by atoms with Crippen molar-refractivity contribution < 1.29 is 13.5 Å². The van der Waals surface area contributed by atoms with E-state index in [0.29, 0.717) is 38.4 Å². The molecule has 0 aromatic heterocycles. The number of anilines is 1. The van der Waals surface area contributed by atoms with Gasteiger partial charge in [-0.25, -0.2) is 8.42 Å². The first kappa shape index (κ1) is 15.5. The highest BCUT2D eigenvalue weighted by atomic mass is 35.5. The van der Waals surface area contributed by atoms with Gasteiger partial charge in [0.15, 0.2) is 0 Å². The summed E-state index contributed by atoms with van der Waals surface area (Å²) in [6.07, 6.45) is 0. The van der Waals surface area contributed by atoms with Crippen LogP contribution in [0.2, 0.25) is 5.02 Å². The highest BCUT2D eigenvalue weighted by Crippen LogP contribution is 2.27. The summed E-state index contributed by atoms with van der Waals surface area (Å²) in [5.74, 6) is 0. The molecule has 0 spiro atoms. The van der Waals surface area contributed by atoms with Crippen LogP contribution in [0.15, 0.2) is 23.1 Å². The molecule has 1 aromatic rings. The molecule has 0 atom stereocenters. The zero-order chi connectivity index (χ0) is 14.8. The number of halogens is 1. The summed E-state index contributed by atoms with van der Waals surface area (Å²) in [6, 6.07) is 4.45. The number of sulfonamides is 1. The lowest BCUT2D eigenvalue weighted by Crippen LogP contribution is -2.49. The minimum absolute atomic E-state index is 0.0507. The molecule has 0 saturated carbocycles. The van der Waals surface area contributed by atoms with E-state index in [0.717, 1.165) is 0 Å². The van der Waals surface area contributed by atoms with E-state index in [4.69, 9.17) is 22.4 Å². The molecular weight excluding hydrogens is 302 g/mol. The first-order valence-corrected chi connectivity index (χ1v) is 8.15. The zero-order valence-electron chi connectivity index (χ0n) is 11.0. The Morgan fingerprint density at radius 2 is 1.90 bits per heavy atom. The summed E-state index contributed by atoms with van der Waals surface area (Å²) in [5, 5.41) is 9.06. The number of aliphatic hydroxyl groups excluding tert-OH is 1. The fourth-order valence-electron chi connectivity index (χ4n) is 2.19. The second-order valence-electron chi connectivity index (χ2n) is 4.66. The van der Waals surface area contributed by atoms with Crippen molar-refractivity contribution in [1.82, 2.24) is 9.21 Å². The summed E-state index contributed by atoms with van der Waals surface area (Å²) in [7, 11) is -3.62. The van der Waals surface area contributed by atoms with Crippen LogP contribution in [0.5, 0.6) is 0 Å². The molecule has 1 saturated heterocycles. The van der Waals surface area contributed by atoms with Crippen molar-refractivity contribution in [2.45, 2.75) is 4.90 Å². The van der Waals surface area contributed by atoms with Crippen LogP contribution in [0.1, 0.15) is 0 Å². The van der Waals surface area contributed by atoms with Crippen molar-refractivity contribution in [3.05, 3.63) is 23.2 Å². The third-order valence-corrected chi connectivity index (χ3v) is 5.70. The lowest BCUT2D eigenvalue weighted by Gasteiger charge is -2.33. The van der Waals surface area contributed by atoms with Gasteiger partial charge in [-0.3, -0.25) is 4.90 Å². The normalized spacial score (nSPS) is 18.3. The van der Waals surface area contributed by atoms with Crippen molar-refractivity contribution in [3.63, 3.8) is 0 Å². The molecule has 0 aliphatic carbocycles. The van der Waals surface area contributed by atoms with Crippen LogP contribution < -0.4 is 5.73 Å². The molecule has 6 nitrogen and oxygen atoms in total. The molecule has 8 heteroatoms. The largest absolute Gasteiger partial charge is 0.399 e. The average molecular weight is 320 g/mol. The molecular formula is C12H18ClN3O3S. The van der Waals surface area contributed by atoms with Crippen LogP contribution in [0.4, 0.5) is 5.69 Å². The van der Waals surface area contributed by atoms with Crippen LogP contribution in [-0.4, -0.2) is 62.1 Å². The van der Waals surface area contributed by atoms with Crippen molar-refractivity contribution in [2.24, 2.45) is 0 Å². The quantitative estimate of drug-likeness (QED) is 0.775. The van der Waals surface area contributed by atoms with Crippen LogP contribution in [0, 0.1) is 0 Å². The van der Waals surface area contributed by atoms with E-state index in [2.05, 4.69) is 0 Å². The predicted octanol–water partition coefficient (Wildman–Crippen LogP) is 0.221. The summed E-state index contributed by atoms with van der Waals surface area (Å²) < 4.78 is 26.5. The number of hydrogen-bond donors (Lipinski definition) is 2. The molecule has 1 aliphatic heterocycles. The van der Waals surface area contributed by atoms with Gasteiger partial charge in [-0.15, -0.1) is 0 Å². The van der Waals surface area contributed by atoms with Gasteiger partial charge in [-0.1, -0.05) is 11.6 Å². The average Bonchev–Trinajstić information content (AvgIpc) is 2.42. The number of aliphatic hydroxyl groups is 1. The lowest BCUT2D eigenvalue weighted by atomic mass is 10.3. The lowest BCUT2D eigenvalue weighted by molar-refractivity contribution is 0.151. The van der Waals surface area contributed by atoms with E-state index in [1.165, 1.54) is 16.4 Å². The first-order chi connectivity index (χ1) is 9.45. The smallest absolute Gasteiger partial charge is 0.244 e. The fourth-order valence-corrected chi connectivity index (χ4v) is 4.12. The molecule has 2 rings (SSSR count). The Kier molecular flexibility index (Phi) is 4.87. The minimum atomic E-state index is -3.62. The summed E-state index contributed by atoms with van der Waals surface area (Å²) in [6.45, 7) is 2.60. The van der Waals surface area contributed by atoms with Gasteiger partial charge in [0, 0.05) is 38.4 Å². The number of nitrogens with two attached hydrogens (primary N) is 1. The number of nitrogens with zero attached hydrogens (tertiary/aromatic N) is 2. The van der Waals surface area contributed by atoms with Gasteiger partial charge in [-0.2, -0.15) is 4.31 Å². The number of hydrogen-bond acceptors (Lipinski definition) is 5. The zero-order valence-corrected chi connectivity index (χ0v) is 12.6. The van der Waals surface area contributed by atoms with E-state index < -0.39 is 10.0 Å². The number of β-amino-alcohol motifs (C(OH)–C–C–N with tert-alkyl or cyclic N) is 1. The van der Waals surface area contributed by atoms with Gasteiger partial charge in [-0.05, 0) is 18.2 Å². The Bertz CT molecular complexity index is 571.